The molecular formula is C27H37N5O3S. The van der Waals surface area contributed by atoms with Crippen LogP contribution < -0.4 is 15.5 Å². The molecule has 0 spiro atoms. The van der Waals surface area contributed by atoms with Crippen LogP contribution in [-0.2, 0) is 9.84 Å². The van der Waals surface area contributed by atoms with Crippen molar-refractivity contribution in [1.82, 2.24) is 15.3 Å². The van der Waals surface area contributed by atoms with Crippen molar-refractivity contribution in [2.24, 2.45) is 0 Å². The summed E-state index contributed by atoms with van der Waals surface area (Å²) in [6.45, 7) is 0.848. The molecule has 36 heavy (non-hydrogen) atoms. The quantitative estimate of drug-likeness (QED) is 0.352. The van der Waals surface area contributed by atoms with Crippen molar-refractivity contribution in [3.05, 3.63) is 54.1 Å². The Bertz CT molecular complexity index is 1260. The van der Waals surface area contributed by atoms with Gasteiger partial charge >= 0.3 is 0 Å². The van der Waals surface area contributed by atoms with Crippen LogP contribution in [-0.4, -0.2) is 62.5 Å². The third kappa shape index (κ3) is 6.72. The highest BCUT2D eigenvalue weighted by molar-refractivity contribution is 7.90. The molecule has 0 radical (unpaired) electrons. The van der Waals surface area contributed by atoms with Crippen LogP contribution in [0.4, 0.5) is 11.8 Å². The number of para-hydroxylation sites is 1. The predicted octanol–water partition coefficient (Wildman–Crippen LogP) is 3.93. The van der Waals surface area contributed by atoms with Gasteiger partial charge in [-0.05, 0) is 74.9 Å². The van der Waals surface area contributed by atoms with Gasteiger partial charge < -0.3 is 20.6 Å². The van der Waals surface area contributed by atoms with Gasteiger partial charge in [0, 0.05) is 37.8 Å². The van der Waals surface area contributed by atoms with Gasteiger partial charge in [0.15, 0.2) is 9.84 Å². The van der Waals surface area contributed by atoms with Crippen molar-refractivity contribution in [1.29, 1.82) is 0 Å². The van der Waals surface area contributed by atoms with Crippen molar-refractivity contribution < 1.29 is 13.5 Å². The van der Waals surface area contributed by atoms with E-state index in [1.54, 1.807) is 24.3 Å². The maximum atomic E-state index is 11.6. The van der Waals surface area contributed by atoms with Gasteiger partial charge in [-0.25, -0.2) is 13.4 Å². The summed E-state index contributed by atoms with van der Waals surface area (Å²) in [5, 5.41) is 18.7. The lowest BCUT2D eigenvalue weighted by molar-refractivity contribution is 0.163. The Morgan fingerprint density at radius 2 is 1.67 bits per heavy atom. The average Bonchev–Trinajstić information content (AvgIpc) is 2.86. The van der Waals surface area contributed by atoms with Crippen molar-refractivity contribution in [3.63, 3.8) is 0 Å². The summed E-state index contributed by atoms with van der Waals surface area (Å²) in [7, 11) is 0.786. The number of hydrogen-bond donors (Lipinski definition) is 3. The van der Waals surface area contributed by atoms with Crippen molar-refractivity contribution >= 4 is 32.5 Å². The summed E-state index contributed by atoms with van der Waals surface area (Å²) in [5.74, 6) is 1.61. The molecule has 1 aliphatic rings. The second kappa shape index (κ2) is 11.5. The fourth-order valence-electron chi connectivity index (χ4n) is 4.80. The molecule has 2 aromatic carbocycles. The molecule has 8 nitrogen and oxygen atoms in total. The lowest BCUT2D eigenvalue weighted by atomic mass is 9.91. The zero-order chi connectivity index (χ0) is 25.7. The van der Waals surface area contributed by atoms with E-state index in [1.165, 1.54) is 6.26 Å². The van der Waals surface area contributed by atoms with Crippen LogP contribution in [0.5, 0.6) is 0 Å². The highest BCUT2D eigenvalue weighted by Crippen LogP contribution is 2.26. The number of sulfone groups is 1. The number of nitrogens with one attached hydrogen (secondary N) is 2. The van der Waals surface area contributed by atoms with Crippen LogP contribution in [0.3, 0.4) is 0 Å². The second-order valence-corrected chi connectivity index (χ2v) is 11.9. The largest absolute Gasteiger partial charge is 0.388 e. The van der Waals surface area contributed by atoms with Crippen LogP contribution in [0, 0.1) is 0 Å². The Kier molecular flexibility index (Phi) is 8.43. The summed E-state index contributed by atoms with van der Waals surface area (Å²) in [6.07, 6.45) is 6.37. The zero-order valence-electron chi connectivity index (χ0n) is 21.3. The molecule has 0 bridgehead atoms. The van der Waals surface area contributed by atoms with E-state index >= 15 is 0 Å². The lowest BCUT2D eigenvalue weighted by Gasteiger charge is -2.30. The first-order valence-corrected chi connectivity index (χ1v) is 14.5. The van der Waals surface area contributed by atoms with Gasteiger partial charge in [0.25, 0.3) is 0 Å². The first-order valence-electron chi connectivity index (χ1n) is 12.6. The van der Waals surface area contributed by atoms with Crippen molar-refractivity contribution in [3.8, 4) is 0 Å². The third-order valence-corrected chi connectivity index (χ3v) is 7.98. The summed E-state index contributed by atoms with van der Waals surface area (Å²) < 4.78 is 23.2. The van der Waals surface area contributed by atoms with E-state index in [-0.39, 0.29) is 4.90 Å². The van der Waals surface area contributed by atoms with Crippen LogP contribution in [0.1, 0.15) is 50.2 Å². The van der Waals surface area contributed by atoms with E-state index < -0.39 is 15.9 Å². The minimum absolute atomic E-state index is 0.274. The SMILES string of the molecule is CN(C)c1nc(NC2CCC(NCCCC(O)c3ccc(S(C)(=O)=O)cc3)CC2)nc2ccccc12. The molecule has 1 aromatic heterocycles. The molecule has 1 fully saturated rings. The van der Waals surface area contributed by atoms with Gasteiger partial charge in [-0.2, -0.15) is 4.98 Å². The number of rotatable bonds is 10. The van der Waals surface area contributed by atoms with Gasteiger partial charge in [0.1, 0.15) is 5.82 Å². The number of aromatic nitrogens is 2. The molecule has 0 amide bonds. The van der Waals surface area contributed by atoms with Gasteiger partial charge in [-0.3, -0.25) is 0 Å². The lowest BCUT2D eigenvalue weighted by Crippen LogP contribution is -2.37. The minimum atomic E-state index is -3.22. The number of nitrogens with zero attached hydrogens (tertiary/aromatic N) is 3. The van der Waals surface area contributed by atoms with Gasteiger partial charge in [-0.1, -0.05) is 24.3 Å². The molecule has 1 saturated carbocycles. The smallest absolute Gasteiger partial charge is 0.225 e. The molecule has 1 atom stereocenters. The average molecular weight is 512 g/mol. The molecule has 3 N–H and O–H groups in total. The van der Waals surface area contributed by atoms with E-state index in [0.717, 1.165) is 60.9 Å². The maximum Gasteiger partial charge on any atom is 0.225 e. The van der Waals surface area contributed by atoms with Gasteiger partial charge in [0.2, 0.25) is 5.95 Å². The zero-order valence-corrected chi connectivity index (χ0v) is 22.1. The number of benzene rings is 2. The molecule has 0 aliphatic heterocycles. The fourth-order valence-corrected chi connectivity index (χ4v) is 5.43. The molecule has 1 heterocycles. The van der Waals surface area contributed by atoms with E-state index in [0.29, 0.717) is 24.5 Å². The molecule has 194 valence electrons. The minimum Gasteiger partial charge on any atom is -0.388 e. The van der Waals surface area contributed by atoms with Gasteiger partial charge in [-0.15, -0.1) is 0 Å². The standard InChI is InChI=1S/C27H37N5O3S/c1-32(2)26-23-7-4-5-8-24(23)30-27(31-26)29-21-14-12-20(13-15-21)28-18-6-9-25(33)19-10-16-22(17-11-19)36(3,34)35/h4-5,7-8,10-11,16-17,20-21,25,28,33H,6,9,12-15,18H2,1-3H3,(H,29,30,31). The normalized spacial score (nSPS) is 19.2. The topological polar surface area (TPSA) is 107 Å². The first kappa shape index (κ1) is 26.3. The molecular weight excluding hydrogens is 474 g/mol. The van der Waals surface area contributed by atoms with E-state index in [2.05, 4.69) is 16.7 Å². The highest BCUT2D eigenvalue weighted by atomic mass is 32.2. The highest BCUT2D eigenvalue weighted by Gasteiger charge is 2.22. The Morgan fingerprint density at radius 1 is 1.00 bits per heavy atom. The molecule has 4 rings (SSSR count). The maximum absolute atomic E-state index is 11.6. The van der Waals surface area contributed by atoms with Crippen LogP contribution >= 0.6 is 0 Å². The van der Waals surface area contributed by atoms with Gasteiger partial charge in [0.05, 0.1) is 16.5 Å². The third-order valence-electron chi connectivity index (χ3n) is 6.85. The van der Waals surface area contributed by atoms with E-state index in [4.69, 9.17) is 9.97 Å². The van der Waals surface area contributed by atoms with Crippen LogP contribution in [0.15, 0.2) is 53.4 Å². The van der Waals surface area contributed by atoms with Crippen LogP contribution in [0.2, 0.25) is 0 Å². The fraction of sp³-hybridized carbons (Fsp3) is 0.481. The summed E-state index contributed by atoms with van der Waals surface area (Å²) in [5.41, 5.74) is 1.70. The second-order valence-electron chi connectivity index (χ2n) is 9.93. The van der Waals surface area contributed by atoms with E-state index in [1.807, 2.05) is 37.2 Å². The monoisotopic (exact) mass is 511 g/mol. The molecule has 0 saturated heterocycles. The molecule has 1 aliphatic carbocycles. The van der Waals surface area contributed by atoms with Crippen molar-refractivity contribution in [2.75, 3.05) is 37.1 Å². The first-order chi connectivity index (χ1) is 17.2. The number of fused-ring (bicyclic) bond motifs is 1. The van der Waals surface area contributed by atoms with Crippen LogP contribution in [0.25, 0.3) is 10.9 Å². The molecule has 1 unspecified atom stereocenters. The Morgan fingerprint density at radius 3 is 2.33 bits per heavy atom. The summed E-state index contributed by atoms with van der Waals surface area (Å²) >= 11 is 0. The number of aliphatic hydroxyl groups is 1. The Balaban J connectivity index is 1.20. The number of hydrogen-bond acceptors (Lipinski definition) is 8. The summed E-state index contributed by atoms with van der Waals surface area (Å²) in [6, 6.07) is 15.4. The number of aliphatic hydroxyl groups excluding tert-OH is 1. The predicted molar refractivity (Wildman–Crippen MR) is 145 cm³/mol. The summed E-state index contributed by atoms with van der Waals surface area (Å²) in [4.78, 5) is 11.8. The Labute approximate surface area is 214 Å². The molecule has 3 aromatic rings. The molecule has 9 heteroatoms. The van der Waals surface area contributed by atoms with Crippen molar-refractivity contribution in [2.45, 2.75) is 61.6 Å². The van der Waals surface area contributed by atoms with E-state index in [9.17, 15) is 13.5 Å². The number of anilines is 2. The Hall–Kier alpha value is -2.75.